The molecule has 0 aromatic rings. The Balaban J connectivity index is 1.83. The second kappa shape index (κ2) is 9.42. The molecule has 1 atom stereocenters. The van der Waals surface area contributed by atoms with Crippen molar-refractivity contribution >= 4 is 35.2 Å². The van der Waals surface area contributed by atoms with E-state index < -0.39 is 41.0 Å². The molecule has 10 heteroatoms. The molecule has 152 valence electrons. The topological polar surface area (TPSA) is 58.7 Å². The number of ether oxygens (including phenoxy) is 2. The summed E-state index contributed by atoms with van der Waals surface area (Å²) in [7, 11) is -6.28. The van der Waals surface area contributed by atoms with Gasteiger partial charge in [-0.05, 0) is 45.5 Å². The van der Waals surface area contributed by atoms with E-state index in [0.29, 0.717) is 12.7 Å². The lowest BCUT2D eigenvalue weighted by Gasteiger charge is -2.42. The van der Waals surface area contributed by atoms with Crippen molar-refractivity contribution in [2.75, 3.05) is 19.8 Å². The van der Waals surface area contributed by atoms with Gasteiger partial charge in [-0.1, -0.05) is 25.7 Å². The third-order valence-electron chi connectivity index (χ3n) is 4.39. The van der Waals surface area contributed by atoms with E-state index >= 15 is 0 Å². The summed E-state index contributed by atoms with van der Waals surface area (Å²) in [5, 5.41) is 0. The Hall–Kier alpha value is 0.628. The van der Waals surface area contributed by atoms with Crippen LogP contribution >= 0.6 is 0 Å². The number of epoxide rings is 1. The van der Waals surface area contributed by atoms with Crippen molar-refractivity contribution in [3.8, 4) is 0 Å². The average Bonchev–Trinajstić information content (AvgIpc) is 3.26. The average molecular weight is 437 g/mol. The molecule has 6 nitrogen and oxygen atoms in total. The molecule has 0 saturated carbocycles. The molecule has 2 radical (unpaired) electrons. The quantitative estimate of drug-likeness (QED) is 0.312. The van der Waals surface area contributed by atoms with Gasteiger partial charge in [-0.15, -0.1) is 0 Å². The Morgan fingerprint density at radius 2 is 1.73 bits per heavy atom. The first-order chi connectivity index (χ1) is 12.0. The van der Waals surface area contributed by atoms with Crippen LogP contribution in [0.2, 0.25) is 51.4 Å². The van der Waals surface area contributed by atoms with Crippen LogP contribution in [0.3, 0.4) is 0 Å². The van der Waals surface area contributed by atoms with Gasteiger partial charge in [-0.25, -0.2) is 0 Å². The largest absolute Gasteiger partial charge is 0.414 e. The molecular formula is C16H36O6Si4. The molecule has 0 aliphatic carbocycles. The van der Waals surface area contributed by atoms with Crippen molar-refractivity contribution in [3.05, 3.63) is 0 Å². The fraction of sp³-hybridized carbons (Fsp3) is 1.00. The summed E-state index contributed by atoms with van der Waals surface area (Å²) >= 11 is 0. The van der Waals surface area contributed by atoms with Crippen LogP contribution < -0.4 is 0 Å². The Morgan fingerprint density at radius 1 is 1.15 bits per heavy atom. The third kappa shape index (κ3) is 8.76. The predicted octanol–water partition coefficient (Wildman–Crippen LogP) is 3.62. The van der Waals surface area contributed by atoms with Crippen LogP contribution in [0, 0.1) is 0 Å². The molecule has 2 aliphatic heterocycles. The molecule has 0 amide bonds. The summed E-state index contributed by atoms with van der Waals surface area (Å²) in [5.41, 5.74) is 0. The van der Waals surface area contributed by atoms with Crippen LogP contribution in [-0.4, -0.2) is 66.9 Å². The summed E-state index contributed by atoms with van der Waals surface area (Å²) in [6.07, 6.45) is 2.17. The van der Waals surface area contributed by atoms with E-state index in [2.05, 4.69) is 46.2 Å². The molecule has 2 aliphatic rings. The first-order valence-electron chi connectivity index (χ1n) is 9.61. The molecule has 2 fully saturated rings. The van der Waals surface area contributed by atoms with E-state index in [9.17, 15) is 0 Å². The normalized spacial score (nSPS) is 34.5. The highest BCUT2D eigenvalue weighted by Gasteiger charge is 2.44. The molecule has 1 unspecified atom stereocenters. The minimum absolute atomic E-state index is 0.322. The van der Waals surface area contributed by atoms with E-state index in [0.717, 1.165) is 32.1 Å². The Kier molecular flexibility index (Phi) is 8.30. The minimum atomic E-state index is -2.29. The van der Waals surface area contributed by atoms with E-state index in [1.807, 2.05) is 0 Å². The molecule has 0 aromatic carbocycles. The maximum atomic E-state index is 6.39. The van der Waals surface area contributed by atoms with Gasteiger partial charge in [0.15, 0.2) is 0 Å². The lowest BCUT2D eigenvalue weighted by molar-refractivity contribution is -0.127. The maximum absolute atomic E-state index is 6.39. The lowest BCUT2D eigenvalue weighted by Crippen LogP contribution is -2.55. The molecule has 26 heavy (non-hydrogen) atoms. The van der Waals surface area contributed by atoms with Crippen LogP contribution in [0.1, 0.15) is 19.8 Å². The zero-order valence-electron chi connectivity index (χ0n) is 17.5. The van der Waals surface area contributed by atoms with Crippen molar-refractivity contribution in [1.82, 2.24) is 0 Å². The zero-order valence-corrected chi connectivity index (χ0v) is 21.5. The smallest absolute Gasteiger partial charge is 0.373 e. The van der Waals surface area contributed by atoms with Gasteiger partial charge in [-0.2, -0.15) is 0 Å². The van der Waals surface area contributed by atoms with E-state index in [-0.39, 0.29) is 0 Å². The first-order valence-corrected chi connectivity index (χ1v) is 19.5. The highest BCUT2D eigenvalue weighted by molar-refractivity contribution is 6.78. The molecule has 2 saturated heterocycles. The lowest BCUT2D eigenvalue weighted by atomic mass is 10.2. The standard InChI is InChI=1S/C16H36O6Si4/c1-16(9-12-25(4,5)6)19-23(2)21-26(7,22-24(3)20-16)11-8-10-17-13-15-14-18-15/h15H,8-14H2,1-7H3. The van der Waals surface area contributed by atoms with Gasteiger partial charge < -0.3 is 26.6 Å². The van der Waals surface area contributed by atoms with Crippen LogP contribution in [0.25, 0.3) is 0 Å². The summed E-state index contributed by atoms with van der Waals surface area (Å²) in [5.74, 6) is -0.574. The van der Waals surface area contributed by atoms with Crippen LogP contribution in [0.5, 0.6) is 0 Å². The number of hydrogen-bond donors (Lipinski definition) is 0. The molecular weight excluding hydrogens is 401 g/mol. The Morgan fingerprint density at radius 3 is 2.23 bits per heavy atom. The van der Waals surface area contributed by atoms with Gasteiger partial charge in [0.05, 0.1) is 13.2 Å². The first kappa shape index (κ1) is 22.9. The van der Waals surface area contributed by atoms with Gasteiger partial charge in [0, 0.05) is 14.7 Å². The second-order valence-corrected chi connectivity index (χ2v) is 21.3. The summed E-state index contributed by atoms with van der Waals surface area (Å²) in [4.78, 5) is 0. The Bertz CT molecular complexity index is 429. The fourth-order valence-corrected chi connectivity index (χ4v) is 13.1. The molecule has 2 heterocycles. The maximum Gasteiger partial charge on any atom is 0.373 e. The molecule has 0 N–H and O–H groups in total. The van der Waals surface area contributed by atoms with Crippen molar-refractivity contribution in [2.24, 2.45) is 0 Å². The predicted molar refractivity (Wildman–Crippen MR) is 110 cm³/mol. The van der Waals surface area contributed by atoms with Gasteiger partial charge in [0.1, 0.15) is 11.9 Å². The fourth-order valence-electron chi connectivity index (χ4n) is 2.98. The van der Waals surface area contributed by atoms with Crippen molar-refractivity contribution < 1.29 is 26.6 Å². The summed E-state index contributed by atoms with van der Waals surface area (Å²) in [6.45, 7) is 17.7. The summed E-state index contributed by atoms with van der Waals surface area (Å²) < 4.78 is 36.2. The SMILES string of the molecule is C[Si]1OC(C)(CC[Si](C)(C)C)O[Si](C)O[Si](C)(CCCOCC2CO2)O1. The second-order valence-electron chi connectivity index (χ2n) is 8.85. The van der Waals surface area contributed by atoms with Crippen LogP contribution in [0.4, 0.5) is 0 Å². The molecule has 0 bridgehead atoms. The molecule has 0 spiro atoms. The third-order valence-corrected chi connectivity index (χ3v) is 14.6. The van der Waals surface area contributed by atoms with Gasteiger partial charge >= 0.3 is 27.1 Å². The zero-order chi connectivity index (χ0) is 19.4. The number of rotatable bonds is 9. The highest BCUT2D eigenvalue weighted by atomic mass is 28.5. The minimum Gasteiger partial charge on any atom is -0.414 e. The van der Waals surface area contributed by atoms with Crippen LogP contribution in [0.15, 0.2) is 0 Å². The Labute approximate surface area is 164 Å². The van der Waals surface area contributed by atoms with E-state index in [4.69, 9.17) is 26.6 Å². The van der Waals surface area contributed by atoms with Crippen molar-refractivity contribution in [3.63, 3.8) is 0 Å². The van der Waals surface area contributed by atoms with Crippen molar-refractivity contribution in [2.45, 2.75) is 83.0 Å². The highest BCUT2D eigenvalue weighted by Crippen LogP contribution is 2.31. The monoisotopic (exact) mass is 436 g/mol. The van der Waals surface area contributed by atoms with Gasteiger partial charge in [0.25, 0.3) is 0 Å². The van der Waals surface area contributed by atoms with E-state index in [1.165, 1.54) is 6.04 Å². The van der Waals surface area contributed by atoms with Gasteiger partial charge in [-0.3, -0.25) is 0 Å². The summed E-state index contributed by atoms with van der Waals surface area (Å²) in [6, 6.07) is 2.07. The molecule has 0 aromatic heterocycles. The molecule has 2 rings (SSSR count). The van der Waals surface area contributed by atoms with Crippen molar-refractivity contribution in [1.29, 1.82) is 0 Å². The van der Waals surface area contributed by atoms with E-state index in [1.54, 1.807) is 0 Å². The number of hydrogen-bond acceptors (Lipinski definition) is 6. The van der Waals surface area contributed by atoms with Crippen LogP contribution in [-0.2, 0) is 26.6 Å². The van der Waals surface area contributed by atoms with Gasteiger partial charge in [0.2, 0.25) is 0 Å².